The van der Waals surface area contributed by atoms with Crippen LogP contribution in [0.5, 0.6) is 0 Å². The predicted octanol–water partition coefficient (Wildman–Crippen LogP) is 3.03. The number of carbonyl (C=O) groups is 2. The number of carbonyl (C=O) groups excluding carboxylic acids is 2. The minimum atomic E-state index is -0.865. The minimum absolute atomic E-state index is 0.0441. The number of methoxy groups -OCH3 is 1. The number of aromatic amines is 1. The molecule has 148 valence electrons. The van der Waals surface area contributed by atoms with Gasteiger partial charge in [0.05, 0.1) is 13.4 Å². The van der Waals surface area contributed by atoms with Crippen molar-refractivity contribution in [3.8, 4) is 11.1 Å². The number of esters is 1. The van der Waals surface area contributed by atoms with Gasteiger partial charge in [0.15, 0.2) is 0 Å². The summed E-state index contributed by atoms with van der Waals surface area (Å²) in [7, 11) is 1.28. The molecule has 4 rings (SSSR count). The molecule has 2 N–H and O–H groups in total. The maximum atomic E-state index is 12.4. The molecule has 3 aromatic rings. The van der Waals surface area contributed by atoms with Crippen molar-refractivity contribution in [2.45, 2.75) is 18.4 Å². The molecule has 0 saturated carbocycles. The fraction of sp³-hybridized carbons (Fsp3) is 0.227. The number of hydrogen-bond acceptors (Lipinski definition) is 5. The van der Waals surface area contributed by atoms with Crippen LogP contribution in [0.3, 0.4) is 0 Å². The number of ether oxygens (including phenoxy) is 2. The van der Waals surface area contributed by atoms with E-state index in [0.29, 0.717) is 5.69 Å². The number of amides is 1. The first kappa shape index (κ1) is 18.7. The number of imidazole rings is 1. The van der Waals surface area contributed by atoms with Gasteiger partial charge in [0.25, 0.3) is 0 Å². The molecule has 0 fully saturated rings. The maximum Gasteiger partial charge on any atom is 0.407 e. The van der Waals surface area contributed by atoms with E-state index in [-0.39, 0.29) is 18.9 Å². The van der Waals surface area contributed by atoms with E-state index in [1.54, 1.807) is 6.20 Å². The van der Waals surface area contributed by atoms with Gasteiger partial charge in [0.1, 0.15) is 12.6 Å². The molecule has 2 aromatic carbocycles. The molecule has 1 amide bonds. The second-order valence-electron chi connectivity index (χ2n) is 6.83. The Labute approximate surface area is 168 Å². The number of fused-ring (bicyclic) bond motifs is 3. The fourth-order valence-corrected chi connectivity index (χ4v) is 3.73. The molecule has 1 unspecified atom stereocenters. The van der Waals surface area contributed by atoms with Gasteiger partial charge in [0.2, 0.25) is 0 Å². The summed E-state index contributed by atoms with van der Waals surface area (Å²) >= 11 is 0. The van der Waals surface area contributed by atoms with Crippen LogP contribution in [0, 0.1) is 0 Å². The molecule has 0 saturated heterocycles. The molecule has 0 aliphatic heterocycles. The summed E-state index contributed by atoms with van der Waals surface area (Å²) in [5, 5.41) is 2.59. The Kier molecular flexibility index (Phi) is 5.29. The van der Waals surface area contributed by atoms with Crippen molar-refractivity contribution in [3.05, 3.63) is 77.9 Å². The Balaban J connectivity index is 1.44. The first-order valence-corrected chi connectivity index (χ1v) is 9.34. The third-order valence-electron chi connectivity index (χ3n) is 5.10. The van der Waals surface area contributed by atoms with Gasteiger partial charge < -0.3 is 19.8 Å². The first-order chi connectivity index (χ1) is 14.2. The third-order valence-corrected chi connectivity index (χ3v) is 5.10. The highest BCUT2D eigenvalue weighted by Gasteiger charge is 2.30. The summed E-state index contributed by atoms with van der Waals surface area (Å²) in [6, 6.07) is 15.4. The van der Waals surface area contributed by atoms with Crippen LogP contribution in [0.15, 0.2) is 61.1 Å². The number of benzene rings is 2. The van der Waals surface area contributed by atoms with Crippen LogP contribution in [-0.2, 0) is 20.7 Å². The maximum absolute atomic E-state index is 12.4. The van der Waals surface area contributed by atoms with Gasteiger partial charge >= 0.3 is 12.1 Å². The van der Waals surface area contributed by atoms with Gasteiger partial charge in [-0.2, -0.15) is 0 Å². The van der Waals surface area contributed by atoms with E-state index in [4.69, 9.17) is 9.47 Å². The van der Waals surface area contributed by atoms with Gasteiger partial charge in [-0.15, -0.1) is 0 Å². The molecule has 0 bridgehead atoms. The topological polar surface area (TPSA) is 93.3 Å². The lowest BCUT2D eigenvalue weighted by Crippen LogP contribution is -2.43. The van der Waals surface area contributed by atoms with Crippen LogP contribution in [0.4, 0.5) is 4.79 Å². The van der Waals surface area contributed by atoms with Gasteiger partial charge in [-0.1, -0.05) is 48.5 Å². The van der Waals surface area contributed by atoms with Crippen molar-refractivity contribution >= 4 is 12.1 Å². The first-order valence-electron chi connectivity index (χ1n) is 9.34. The Bertz CT molecular complexity index is 971. The second-order valence-corrected chi connectivity index (χ2v) is 6.83. The summed E-state index contributed by atoms with van der Waals surface area (Å²) < 4.78 is 10.3. The molecule has 7 heteroatoms. The molecular weight excluding hydrogens is 370 g/mol. The average molecular weight is 391 g/mol. The number of aromatic nitrogens is 2. The van der Waals surface area contributed by atoms with Crippen molar-refractivity contribution < 1.29 is 19.1 Å². The van der Waals surface area contributed by atoms with Crippen LogP contribution >= 0.6 is 0 Å². The van der Waals surface area contributed by atoms with Crippen molar-refractivity contribution in [3.63, 3.8) is 0 Å². The molecule has 29 heavy (non-hydrogen) atoms. The second kappa shape index (κ2) is 8.18. The molecule has 1 aliphatic rings. The quantitative estimate of drug-likeness (QED) is 0.630. The smallest absolute Gasteiger partial charge is 0.407 e. The Morgan fingerprint density at radius 1 is 1.10 bits per heavy atom. The van der Waals surface area contributed by atoms with E-state index in [1.165, 1.54) is 13.4 Å². The van der Waals surface area contributed by atoms with Crippen LogP contribution in [0.25, 0.3) is 11.1 Å². The van der Waals surface area contributed by atoms with Crippen LogP contribution in [-0.4, -0.2) is 41.8 Å². The highest BCUT2D eigenvalue weighted by molar-refractivity contribution is 5.82. The van der Waals surface area contributed by atoms with E-state index in [0.717, 1.165) is 22.3 Å². The van der Waals surface area contributed by atoms with Crippen molar-refractivity contribution in [1.82, 2.24) is 15.3 Å². The SMILES string of the molecule is COC(=O)C(Cc1cnc[nH]1)NC(=O)OCC1c2ccccc2-c2ccccc21. The Morgan fingerprint density at radius 2 is 1.76 bits per heavy atom. The highest BCUT2D eigenvalue weighted by Crippen LogP contribution is 2.44. The van der Waals surface area contributed by atoms with Crippen molar-refractivity contribution in [1.29, 1.82) is 0 Å². The number of nitrogens with one attached hydrogen (secondary N) is 2. The molecular formula is C22H21N3O4. The minimum Gasteiger partial charge on any atom is -0.467 e. The summed E-state index contributed by atoms with van der Waals surface area (Å²) in [6.07, 6.45) is 2.67. The zero-order valence-electron chi connectivity index (χ0n) is 15.9. The number of rotatable bonds is 6. The zero-order chi connectivity index (χ0) is 20.2. The standard InChI is InChI=1S/C22H21N3O4/c1-28-21(26)20(10-14-11-23-13-24-14)25-22(27)29-12-19-17-8-4-2-6-15(17)16-7-3-5-9-18(16)19/h2-9,11,13,19-20H,10,12H2,1H3,(H,23,24)(H,25,27). The molecule has 1 atom stereocenters. The highest BCUT2D eigenvalue weighted by atomic mass is 16.6. The normalized spacial score (nSPS) is 13.3. The molecule has 7 nitrogen and oxygen atoms in total. The third kappa shape index (κ3) is 3.85. The van der Waals surface area contributed by atoms with E-state index >= 15 is 0 Å². The van der Waals surface area contributed by atoms with Gasteiger partial charge in [-0.25, -0.2) is 14.6 Å². The van der Waals surface area contributed by atoms with Crippen molar-refractivity contribution in [2.24, 2.45) is 0 Å². The number of alkyl carbamates (subject to hydrolysis) is 1. The Hall–Kier alpha value is -3.61. The lowest BCUT2D eigenvalue weighted by molar-refractivity contribution is -0.143. The van der Waals surface area contributed by atoms with E-state index in [2.05, 4.69) is 39.6 Å². The van der Waals surface area contributed by atoms with Crippen LogP contribution in [0.1, 0.15) is 22.7 Å². The van der Waals surface area contributed by atoms with Gasteiger partial charge in [-0.3, -0.25) is 0 Å². The summed E-state index contributed by atoms with van der Waals surface area (Å²) in [4.78, 5) is 31.3. The molecule has 1 heterocycles. The number of hydrogen-bond donors (Lipinski definition) is 2. The predicted molar refractivity (Wildman–Crippen MR) is 106 cm³/mol. The molecule has 0 radical (unpaired) electrons. The van der Waals surface area contributed by atoms with Crippen LogP contribution in [0.2, 0.25) is 0 Å². The molecule has 1 aliphatic carbocycles. The van der Waals surface area contributed by atoms with Crippen LogP contribution < -0.4 is 5.32 Å². The Morgan fingerprint density at radius 3 is 2.34 bits per heavy atom. The molecule has 0 spiro atoms. The van der Waals surface area contributed by atoms with E-state index in [1.807, 2.05) is 24.3 Å². The lowest BCUT2D eigenvalue weighted by atomic mass is 9.98. The van der Waals surface area contributed by atoms with E-state index in [9.17, 15) is 9.59 Å². The number of H-pyrrole nitrogens is 1. The number of nitrogens with zero attached hydrogens (tertiary/aromatic N) is 1. The van der Waals surface area contributed by atoms with Gasteiger partial charge in [-0.05, 0) is 22.3 Å². The van der Waals surface area contributed by atoms with E-state index < -0.39 is 18.1 Å². The molecule has 1 aromatic heterocycles. The zero-order valence-corrected chi connectivity index (χ0v) is 15.9. The summed E-state index contributed by atoms with van der Waals surface area (Å²) in [6.45, 7) is 0.178. The summed E-state index contributed by atoms with van der Waals surface area (Å²) in [5.74, 6) is -0.592. The lowest BCUT2D eigenvalue weighted by Gasteiger charge is -2.18. The fourth-order valence-electron chi connectivity index (χ4n) is 3.73. The largest absolute Gasteiger partial charge is 0.467 e. The summed E-state index contributed by atoms with van der Waals surface area (Å²) in [5.41, 5.74) is 5.28. The van der Waals surface area contributed by atoms with Gasteiger partial charge in [0, 0.05) is 24.2 Å². The van der Waals surface area contributed by atoms with Crippen molar-refractivity contribution in [2.75, 3.05) is 13.7 Å². The monoisotopic (exact) mass is 391 g/mol. The average Bonchev–Trinajstić information content (AvgIpc) is 3.37.